The number of ether oxygens (including phenoxy) is 1. The van der Waals surface area contributed by atoms with Gasteiger partial charge < -0.3 is 10.1 Å². The summed E-state index contributed by atoms with van der Waals surface area (Å²) < 4.78 is 5.68. The molecule has 0 saturated heterocycles. The standard InChI is InChI=1S/C14H21NO/c1-5-16-12-8-6-7-11-10(2)9-14(3,4)15-13(11)12/h6-8,10,15H,5,9H2,1-4H3. The van der Waals surface area contributed by atoms with Crippen LogP contribution in [0.25, 0.3) is 0 Å². The van der Waals surface area contributed by atoms with Crippen molar-refractivity contribution in [2.24, 2.45) is 0 Å². The molecule has 0 radical (unpaired) electrons. The van der Waals surface area contributed by atoms with E-state index in [-0.39, 0.29) is 5.54 Å². The van der Waals surface area contributed by atoms with Gasteiger partial charge in [-0.3, -0.25) is 0 Å². The Morgan fingerprint density at radius 1 is 1.44 bits per heavy atom. The molecule has 1 heterocycles. The first kappa shape index (κ1) is 11.3. The third-order valence-electron chi connectivity index (χ3n) is 3.17. The van der Waals surface area contributed by atoms with Gasteiger partial charge in [-0.05, 0) is 44.7 Å². The largest absolute Gasteiger partial charge is 0.492 e. The zero-order valence-electron chi connectivity index (χ0n) is 10.6. The zero-order valence-corrected chi connectivity index (χ0v) is 10.6. The van der Waals surface area contributed by atoms with Gasteiger partial charge in [0.1, 0.15) is 5.75 Å². The summed E-state index contributed by atoms with van der Waals surface area (Å²) in [4.78, 5) is 0. The molecule has 16 heavy (non-hydrogen) atoms. The van der Waals surface area contributed by atoms with Crippen LogP contribution in [0.4, 0.5) is 5.69 Å². The van der Waals surface area contributed by atoms with E-state index in [1.165, 1.54) is 11.3 Å². The summed E-state index contributed by atoms with van der Waals surface area (Å²) in [6.07, 6.45) is 1.16. The van der Waals surface area contributed by atoms with E-state index in [1.807, 2.05) is 13.0 Å². The molecule has 0 bridgehead atoms. The van der Waals surface area contributed by atoms with Crippen LogP contribution in [0.15, 0.2) is 18.2 Å². The molecule has 1 aromatic carbocycles. The van der Waals surface area contributed by atoms with Crippen molar-refractivity contribution in [1.82, 2.24) is 0 Å². The third-order valence-corrected chi connectivity index (χ3v) is 3.17. The summed E-state index contributed by atoms with van der Waals surface area (Å²) in [5, 5.41) is 3.60. The van der Waals surface area contributed by atoms with Gasteiger partial charge in [0.05, 0.1) is 12.3 Å². The first-order valence-electron chi connectivity index (χ1n) is 6.07. The molecule has 88 valence electrons. The predicted molar refractivity (Wildman–Crippen MR) is 68.3 cm³/mol. The van der Waals surface area contributed by atoms with Gasteiger partial charge in [0.2, 0.25) is 0 Å². The maximum atomic E-state index is 5.68. The molecule has 0 aromatic heterocycles. The summed E-state index contributed by atoms with van der Waals surface area (Å²) in [7, 11) is 0. The highest BCUT2D eigenvalue weighted by Crippen LogP contribution is 2.43. The minimum absolute atomic E-state index is 0.152. The maximum Gasteiger partial charge on any atom is 0.142 e. The van der Waals surface area contributed by atoms with Crippen molar-refractivity contribution in [1.29, 1.82) is 0 Å². The van der Waals surface area contributed by atoms with Gasteiger partial charge in [0.15, 0.2) is 0 Å². The van der Waals surface area contributed by atoms with Gasteiger partial charge in [-0.2, -0.15) is 0 Å². The highest BCUT2D eigenvalue weighted by molar-refractivity contribution is 5.66. The minimum Gasteiger partial charge on any atom is -0.492 e. The Kier molecular flexibility index (Phi) is 2.83. The summed E-state index contributed by atoms with van der Waals surface area (Å²) in [5.41, 5.74) is 2.72. The molecule has 1 atom stereocenters. The molecule has 1 N–H and O–H groups in total. The molecule has 0 aliphatic carbocycles. The van der Waals surface area contributed by atoms with Crippen LogP contribution >= 0.6 is 0 Å². The number of anilines is 1. The lowest BCUT2D eigenvalue weighted by molar-refractivity contribution is 0.337. The van der Waals surface area contributed by atoms with Gasteiger partial charge in [-0.1, -0.05) is 19.1 Å². The third kappa shape index (κ3) is 2.01. The predicted octanol–water partition coefficient (Wildman–Crippen LogP) is 3.78. The van der Waals surface area contributed by atoms with Crippen LogP contribution in [0.1, 0.15) is 45.6 Å². The molecule has 0 amide bonds. The maximum absolute atomic E-state index is 5.68. The van der Waals surface area contributed by atoms with E-state index in [0.717, 1.165) is 12.2 Å². The molecule has 1 unspecified atom stereocenters. The van der Waals surface area contributed by atoms with Crippen LogP contribution in [-0.2, 0) is 0 Å². The highest BCUT2D eigenvalue weighted by atomic mass is 16.5. The lowest BCUT2D eigenvalue weighted by Crippen LogP contribution is -2.36. The first-order chi connectivity index (χ1) is 7.53. The quantitative estimate of drug-likeness (QED) is 0.817. The van der Waals surface area contributed by atoms with E-state index in [1.54, 1.807) is 0 Å². The fourth-order valence-corrected chi connectivity index (χ4v) is 2.63. The monoisotopic (exact) mass is 219 g/mol. The van der Waals surface area contributed by atoms with E-state index < -0.39 is 0 Å². The van der Waals surface area contributed by atoms with Crippen LogP contribution in [0, 0.1) is 0 Å². The Labute approximate surface area is 98.0 Å². The average molecular weight is 219 g/mol. The lowest BCUT2D eigenvalue weighted by atomic mass is 9.82. The zero-order chi connectivity index (χ0) is 11.8. The molecule has 1 aliphatic rings. The summed E-state index contributed by atoms with van der Waals surface area (Å²) in [6, 6.07) is 6.33. The van der Waals surface area contributed by atoms with Crippen LogP contribution in [0.3, 0.4) is 0 Å². The summed E-state index contributed by atoms with van der Waals surface area (Å²) in [6.45, 7) is 9.52. The Hall–Kier alpha value is -1.18. The van der Waals surface area contributed by atoms with Crippen molar-refractivity contribution in [3.63, 3.8) is 0 Å². The molecule has 1 aliphatic heterocycles. The second kappa shape index (κ2) is 4.00. The molecular weight excluding hydrogens is 198 g/mol. The molecule has 2 rings (SSSR count). The Bertz CT molecular complexity index is 384. The topological polar surface area (TPSA) is 21.3 Å². The van der Waals surface area contributed by atoms with Crippen molar-refractivity contribution in [2.45, 2.75) is 45.6 Å². The van der Waals surface area contributed by atoms with Gasteiger partial charge in [-0.25, -0.2) is 0 Å². The molecule has 0 saturated carbocycles. The summed E-state index contributed by atoms with van der Waals surface area (Å²) in [5.74, 6) is 1.58. The lowest BCUT2D eigenvalue weighted by Gasteiger charge is -2.38. The molecule has 2 heteroatoms. The molecule has 0 spiro atoms. The van der Waals surface area contributed by atoms with Crippen LogP contribution in [-0.4, -0.2) is 12.1 Å². The van der Waals surface area contributed by atoms with Gasteiger partial charge >= 0.3 is 0 Å². The van der Waals surface area contributed by atoms with E-state index in [0.29, 0.717) is 12.5 Å². The molecule has 0 fully saturated rings. The number of benzene rings is 1. The Morgan fingerprint density at radius 3 is 2.88 bits per heavy atom. The van der Waals surface area contributed by atoms with Crippen molar-refractivity contribution in [2.75, 3.05) is 11.9 Å². The molecule has 1 aromatic rings. The molecule has 2 nitrogen and oxygen atoms in total. The van der Waals surface area contributed by atoms with E-state index >= 15 is 0 Å². The number of rotatable bonds is 2. The van der Waals surface area contributed by atoms with Crippen molar-refractivity contribution >= 4 is 5.69 Å². The Balaban J connectivity index is 2.44. The number of hydrogen-bond donors (Lipinski definition) is 1. The van der Waals surface area contributed by atoms with Crippen LogP contribution in [0.5, 0.6) is 5.75 Å². The normalized spacial score (nSPS) is 22.1. The van der Waals surface area contributed by atoms with Gasteiger partial charge in [-0.15, -0.1) is 0 Å². The molecular formula is C14H21NO. The fourth-order valence-electron chi connectivity index (χ4n) is 2.63. The number of para-hydroxylation sites is 1. The van der Waals surface area contributed by atoms with Crippen molar-refractivity contribution in [3.8, 4) is 5.75 Å². The Morgan fingerprint density at radius 2 is 2.19 bits per heavy atom. The minimum atomic E-state index is 0.152. The fraction of sp³-hybridized carbons (Fsp3) is 0.571. The van der Waals surface area contributed by atoms with Crippen LogP contribution < -0.4 is 10.1 Å². The smallest absolute Gasteiger partial charge is 0.142 e. The van der Waals surface area contributed by atoms with Gasteiger partial charge in [0.25, 0.3) is 0 Å². The van der Waals surface area contributed by atoms with Gasteiger partial charge in [0, 0.05) is 5.54 Å². The van der Waals surface area contributed by atoms with E-state index in [4.69, 9.17) is 4.74 Å². The second-order valence-electron chi connectivity index (χ2n) is 5.27. The average Bonchev–Trinajstić information content (AvgIpc) is 2.18. The number of nitrogens with one attached hydrogen (secondary N) is 1. The summed E-state index contributed by atoms with van der Waals surface area (Å²) >= 11 is 0. The van der Waals surface area contributed by atoms with E-state index in [9.17, 15) is 0 Å². The van der Waals surface area contributed by atoms with E-state index in [2.05, 4.69) is 38.2 Å². The van der Waals surface area contributed by atoms with Crippen molar-refractivity contribution < 1.29 is 4.74 Å². The van der Waals surface area contributed by atoms with Crippen LogP contribution in [0.2, 0.25) is 0 Å². The SMILES string of the molecule is CCOc1cccc2c1NC(C)(C)CC2C. The highest BCUT2D eigenvalue weighted by Gasteiger charge is 2.30. The van der Waals surface area contributed by atoms with Crippen molar-refractivity contribution in [3.05, 3.63) is 23.8 Å². The first-order valence-corrected chi connectivity index (χ1v) is 6.07. The number of fused-ring (bicyclic) bond motifs is 1. The number of hydrogen-bond acceptors (Lipinski definition) is 2. The second-order valence-corrected chi connectivity index (χ2v) is 5.27.